The highest BCUT2D eigenvalue weighted by atomic mass is 32.2. The topological polar surface area (TPSA) is 88.4 Å². The molecule has 1 aliphatic heterocycles. The number of ether oxygens (including phenoxy) is 2. The number of hydrogen-bond acceptors (Lipinski definition) is 5. The fourth-order valence-corrected chi connectivity index (χ4v) is 4.76. The predicted molar refractivity (Wildman–Crippen MR) is 78.5 cm³/mol. The number of methoxy groups -OCH3 is 1. The van der Waals surface area contributed by atoms with Crippen LogP contribution in [-0.4, -0.2) is 40.9 Å². The van der Waals surface area contributed by atoms with E-state index in [-0.39, 0.29) is 28.9 Å². The van der Waals surface area contributed by atoms with Gasteiger partial charge in [0, 0.05) is 31.6 Å². The van der Waals surface area contributed by atoms with Crippen molar-refractivity contribution >= 4 is 10.0 Å². The van der Waals surface area contributed by atoms with Gasteiger partial charge in [-0.25, -0.2) is 13.1 Å². The predicted octanol–water partition coefficient (Wildman–Crippen LogP) is 0.886. The minimum absolute atomic E-state index is 0.0337. The van der Waals surface area contributed by atoms with Gasteiger partial charge in [-0.3, -0.25) is 0 Å². The maximum Gasteiger partial charge on any atom is 0.240 e. The monoisotopic (exact) mass is 322 g/mol. The zero-order chi connectivity index (χ0) is 15.7. The van der Waals surface area contributed by atoms with Crippen LogP contribution in [0.3, 0.4) is 0 Å². The molecule has 1 saturated heterocycles. The molecule has 0 bridgehead atoms. The molecule has 2 fully saturated rings. The van der Waals surface area contributed by atoms with Gasteiger partial charge in [-0.2, -0.15) is 5.26 Å². The molecule has 22 heavy (non-hydrogen) atoms. The first kappa shape index (κ1) is 15.4. The van der Waals surface area contributed by atoms with E-state index in [1.54, 1.807) is 19.2 Å². The van der Waals surface area contributed by atoms with E-state index in [0.717, 1.165) is 6.42 Å². The number of rotatable bonds is 5. The lowest BCUT2D eigenvalue weighted by Crippen LogP contribution is -2.62. The zero-order valence-electron chi connectivity index (χ0n) is 12.2. The molecule has 118 valence electrons. The molecule has 1 aliphatic carbocycles. The summed E-state index contributed by atoms with van der Waals surface area (Å²) in [7, 11) is -2.05. The largest absolute Gasteiger partial charge is 0.384 e. The van der Waals surface area contributed by atoms with E-state index in [4.69, 9.17) is 14.7 Å². The van der Waals surface area contributed by atoms with Gasteiger partial charge in [0.05, 0.1) is 29.2 Å². The number of nitriles is 1. The Labute approximate surface area is 130 Å². The standard InChI is InChI=1S/C15H18N2O4S/c1-20-9-13-14(12-5-6-21-15(12)13)17-22(18,19)11-4-2-3-10(7-11)8-16/h2-4,7,12-15,17H,5-6,9H2,1H3/t12-,13+,14+,15-/m1/s1. The van der Waals surface area contributed by atoms with Crippen LogP contribution < -0.4 is 4.72 Å². The van der Waals surface area contributed by atoms with E-state index >= 15 is 0 Å². The van der Waals surface area contributed by atoms with Gasteiger partial charge in [-0.05, 0) is 24.6 Å². The Kier molecular flexibility index (Phi) is 4.19. The Morgan fingerprint density at radius 3 is 3.05 bits per heavy atom. The van der Waals surface area contributed by atoms with E-state index < -0.39 is 10.0 Å². The molecule has 0 spiro atoms. The molecule has 1 N–H and O–H groups in total. The van der Waals surface area contributed by atoms with Gasteiger partial charge in [-0.1, -0.05) is 6.07 Å². The Morgan fingerprint density at radius 1 is 1.50 bits per heavy atom. The quantitative estimate of drug-likeness (QED) is 0.869. The average molecular weight is 322 g/mol. The van der Waals surface area contributed by atoms with Crippen LogP contribution in [0, 0.1) is 23.2 Å². The van der Waals surface area contributed by atoms with Crippen molar-refractivity contribution < 1.29 is 17.9 Å². The summed E-state index contributed by atoms with van der Waals surface area (Å²) in [5.74, 6) is 0.237. The number of fused-ring (bicyclic) bond motifs is 1. The molecule has 6 nitrogen and oxygen atoms in total. The summed E-state index contributed by atoms with van der Waals surface area (Å²) in [6, 6.07) is 7.81. The summed E-state index contributed by atoms with van der Waals surface area (Å²) in [5, 5.41) is 8.90. The summed E-state index contributed by atoms with van der Waals surface area (Å²) in [4.78, 5) is 0.116. The number of hydrogen-bond donors (Lipinski definition) is 1. The SMILES string of the molecule is COC[C@H]1[C@@H](NS(=O)(=O)c2cccc(C#N)c2)[C@H]2CCO[C@H]21. The Hall–Kier alpha value is -1.46. The highest BCUT2D eigenvalue weighted by Crippen LogP contribution is 2.44. The lowest BCUT2D eigenvalue weighted by atomic mass is 9.68. The maximum atomic E-state index is 12.5. The minimum Gasteiger partial charge on any atom is -0.384 e. The fourth-order valence-electron chi connectivity index (χ4n) is 3.38. The third-order valence-electron chi connectivity index (χ3n) is 4.45. The molecule has 1 heterocycles. The van der Waals surface area contributed by atoms with Crippen molar-refractivity contribution in [3.8, 4) is 6.07 Å². The van der Waals surface area contributed by atoms with Crippen LogP contribution in [0.1, 0.15) is 12.0 Å². The number of nitrogens with one attached hydrogen (secondary N) is 1. The second-order valence-corrected chi connectivity index (χ2v) is 7.41. The summed E-state index contributed by atoms with van der Waals surface area (Å²) < 4.78 is 38.7. The molecular weight excluding hydrogens is 304 g/mol. The lowest BCUT2D eigenvalue weighted by molar-refractivity contribution is -0.0775. The summed E-state index contributed by atoms with van der Waals surface area (Å²) in [6.07, 6.45) is 0.939. The molecule has 1 saturated carbocycles. The normalized spacial score (nSPS) is 30.4. The molecule has 0 radical (unpaired) electrons. The van der Waals surface area contributed by atoms with E-state index in [1.807, 2.05) is 6.07 Å². The van der Waals surface area contributed by atoms with Gasteiger partial charge in [0.1, 0.15) is 0 Å². The summed E-state index contributed by atoms with van der Waals surface area (Å²) in [6.45, 7) is 1.13. The Balaban J connectivity index is 1.80. The summed E-state index contributed by atoms with van der Waals surface area (Å²) in [5.41, 5.74) is 0.326. The highest BCUT2D eigenvalue weighted by Gasteiger charge is 2.54. The molecule has 0 unspecified atom stereocenters. The second-order valence-electron chi connectivity index (χ2n) is 5.69. The van der Waals surface area contributed by atoms with Crippen LogP contribution in [0.15, 0.2) is 29.2 Å². The van der Waals surface area contributed by atoms with Crippen molar-refractivity contribution in [3.63, 3.8) is 0 Å². The van der Waals surface area contributed by atoms with Gasteiger partial charge in [-0.15, -0.1) is 0 Å². The maximum absolute atomic E-state index is 12.5. The molecule has 0 amide bonds. The van der Waals surface area contributed by atoms with Crippen LogP contribution >= 0.6 is 0 Å². The average Bonchev–Trinajstić information content (AvgIpc) is 2.95. The third-order valence-corrected chi connectivity index (χ3v) is 5.91. The van der Waals surface area contributed by atoms with Gasteiger partial charge in [0.15, 0.2) is 0 Å². The first-order chi connectivity index (χ1) is 10.6. The van der Waals surface area contributed by atoms with Gasteiger partial charge in [0.25, 0.3) is 0 Å². The molecular formula is C15H18N2O4S. The van der Waals surface area contributed by atoms with Crippen molar-refractivity contribution in [3.05, 3.63) is 29.8 Å². The third kappa shape index (κ3) is 2.63. The zero-order valence-corrected chi connectivity index (χ0v) is 13.0. The summed E-state index contributed by atoms with van der Waals surface area (Å²) >= 11 is 0. The highest BCUT2D eigenvalue weighted by molar-refractivity contribution is 7.89. The Morgan fingerprint density at radius 2 is 2.32 bits per heavy atom. The first-order valence-corrected chi connectivity index (χ1v) is 8.68. The van der Waals surface area contributed by atoms with Crippen molar-refractivity contribution in [2.24, 2.45) is 11.8 Å². The van der Waals surface area contributed by atoms with Crippen LogP contribution in [0.25, 0.3) is 0 Å². The lowest BCUT2D eigenvalue weighted by Gasteiger charge is -2.47. The van der Waals surface area contributed by atoms with E-state index in [2.05, 4.69) is 4.72 Å². The molecule has 4 atom stereocenters. The van der Waals surface area contributed by atoms with E-state index in [9.17, 15) is 8.42 Å². The van der Waals surface area contributed by atoms with Gasteiger partial charge in [0.2, 0.25) is 10.0 Å². The molecule has 0 aromatic heterocycles. The van der Waals surface area contributed by atoms with Crippen molar-refractivity contribution in [1.82, 2.24) is 4.72 Å². The van der Waals surface area contributed by atoms with Crippen LogP contribution in [-0.2, 0) is 19.5 Å². The molecule has 7 heteroatoms. The molecule has 3 rings (SSSR count). The fraction of sp³-hybridized carbons (Fsp3) is 0.533. The van der Waals surface area contributed by atoms with Crippen molar-refractivity contribution in [2.45, 2.75) is 23.5 Å². The number of sulfonamides is 1. The number of benzene rings is 1. The number of nitrogens with zero attached hydrogens (tertiary/aromatic N) is 1. The first-order valence-electron chi connectivity index (χ1n) is 7.20. The van der Waals surface area contributed by atoms with Gasteiger partial charge >= 0.3 is 0 Å². The van der Waals surface area contributed by atoms with Crippen LogP contribution in [0.4, 0.5) is 0 Å². The minimum atomic E-state index is -3.66. The van der Waals surface area contributed by atoms with E-state index in [1.165, 1.54) is 12.1 Å². The second kappa shape index (κ2) is 5.97. The smallest absolute Gasteiger partial charge is 0.240 e. The van der Waals surface area contributed by atoms with Crippen LogP contribution in [0.5, 0.6) is 0 Å². The molecule has 2 aliphatic rings. The molecule has 1 aromatic carbocycles. The van der Waals surface area contributed by atoms with Crippen molar-refractivity contribution in [1.29, 1.82) is 5.26 Å². The Bertz CT molecular complexity index is 698. The molecule has 1 aromatic rings. The van der Waals surface area contributed by atoms with Crippen molar-refractivity contribution in [2.75, 3.05) is 20.3 Å². The van der Waals surface area contributed by atoms with Crippen LogP contribution in [0.2, 0.25) is 0 Å². The van der Waals surface area contributed by atoms with Gasteiger partial charge < -0.3 is 9.47 Å². The van der Waals surface area contributed by atoms with E-state index in [0.29, 0.717) is 18.8 Å².